The molecule has 11 nitrogen and oxygen atoms in total. The Kier molecular flexibility index (Phi) is 6.84. The van der Waals surface area contributed by atoms with Gasteiger partial charge < -0.3 is 20.3 Å². The number of anilines is 1. The van der Waals surface area contributed by atoms with Crippen LogP contribution in [0.1, 0.15) is 15.9 Å². The molecule has 2 rings (SSSR count). The van der Waals surface area contributed by atoms with Crippen LogP contribution >= 0.6 is 0 Å². The number of nitrogens with zero attached hydrogens (tertiary/aromatic N) is 3. The van der Waals surface area contributed by atoms with Gasteiger partial charge in [0.05, 0.1) is 11.6 Å². The number of amides is 2. The number of carbonyl (C=O) groups excluding carboxylic acids is 1. The van der Waals surface area contributed by atoms with E-state index >= 15 is 0 Å². The lowest BCUT2D eigenvalue weighted by Crippen LogP contribution is -2.42. The first kappa shape index (κ1) is 23.6. The molecule has 0 saturated heterocycles. The summed E-state index contributed by atoms with van der Waals surface area (Å²) in [6, 6.07) is 1.89. The molecule has 1 heterocycles. The monoisotopic (exact) mass is 468 g/mol. The van der Waals surface area contributed by atoms with Crippen molar-refractivity contribution in [2.45, 2.75) is 25.0 Å². The van der Waals surface area contributed by atoms with E-state index in [-0.39, 0.29) is 9.87 Å². The lowest BCUT2D eigenvalue weighted by atomic mass is 10.1. The highest BCUT2D eigenvalue weighted by atomic mass is 32.2. The number of aromatic nitrogens is 2. The first-order valence-corrected chi connectivity index (χ1v) is 9.25. The van der Waals surface area contributed by atoms with Gasteiger partial charge in [0.1, 0.15) is 4.90 Å². The zero-order valence-corrected chi connectivity index (χ0v) is 16.0. The maximum Gasteiger partial charge on any atom is 0.388 e. The molecule has 31 heavy (non-hydrogen) atoms. The molecule has 0 saturated carbocycles. The minimum absolute atomic E-state index is 0.143. The van der Waals surface area contributed by atoms with Gasteiger partial charge in [-0.15, -0.1) is 4.31 Å². The fraction of sp³-hybridized carbons (Fsp3) is 0.200. The number of rotatable bonds is 8. The van der Waals surface area contributed by atoms with E-state index in [9.17, 15) is 40.7 Å². The molecule has 0 aliphatic rings. The van der Waals surface area contributed by atoms with Crippen molar-refractivity contribution in [2.75, 3.05) is 4.31 Å². The number of primary amides is 1. The van der Waals surface area contributed by atoms with Gasteiger partial charge in [-0.1, -0.05) is 12.1 Å². The Balaban J connectivity index is 2.76. The summed E-state index contributed by atoms with van der Waals surface area (Å²) >= 11 is 0. The number of urea groups is 1. The van der Waals surface area contributed by atoms with Crippen LogP contribution in [0.25, 0.3) is 0 Å². The zero-order valence-electron chi connectivity index (χ0n) is 15.2. The molecule has 1 aromatic heterocycles. The summed E-state index contributed by atoms with van der Waals surface area (Å²) in [6.45, 7) is -5.84. The SMILES string of the molecule is Cc1cccc(C(=O)O)c1S(=O)(=O)N(C(N)=O)c1nc(OC(F)F)cc(OC(F)F)n1. The number of hydrogen-bond acceptors (Lipinski definition) is 8. The summed E-state index contributed by atoms with van der Waals surface area (Å²) in [7, 11) is -5.18. The highest BCUT2D eigenvalue weighted by Crippen LogP contribution is 2.30. The van der Waals surface area contributed by atoms with Crippen molar-refractivity contribution in [3.63, 3.8) is 0 Å². The topological polar surface area (TPSA) is 162 Å². The molecule has 0 atom stereocenters. The number of nitrogens with two attached hydrogens (primary N) is 1. The number of carboxylic acid groups (broad SMARTS) is 1. The van der Waals surface area contributed by atoms with Gasteiger partial charge in [0, 0.05) is 0 Å². The summed E-state index contributed by atoms with van der Waals surface area (Å²) < 4.78 is 83.8. The van der Waals surface area contributed by atoms with E-state index in [0.717, 1.165) is 6.07 Å². The number of ether oxygens (including phenoxy) is 2. The smallest absolute Gasteiger partial charge is 0.388 e. The molecule has 0 spiro atoms. The first-order chi connectivity index (χ1) is 14.3. The number of aromatic carboxylic acids is 1. The van der Waals surface area contributed by atoms with Gasteiger partial charge in [-0.2, -0.15) is 27.5 Å². The van der Waals surface area contributed by atoms with E-state index in [4.69, 9.17) is 5.73 Å². The van der Waals surface area contributed by atoms with Gasteiger partial charge in [-0.3, -0.25) is 0 Å². The van der Waals surface area contributed by atoms with Gasteiger partial charge in [0.25, 0.3) is 16.0 Å². The fourth-order valence-corrected chi connectivity index (χ4v) is 3.99. The number of hydrogen-bond donors (Lipinski definition) is 2. The number of benzene rings is 1. The number of aryl methyl sites for hydroxylation is 1. The van der Waals surface area contributed by atoms with E-state index < -0.39 is 63.4 Å². The van der Waals surface area contributed by atoms with Crippen LogP contribution in [0.15, 0.2) is 29.2 Å². The fourth-order valence-electron chi connectivity index (χ4n) is 2.37. The Labute approximate surface area is 171 Å². The summed E-state index contributed by atoms with van der Waals surface area (Å²) in [5, 5.41) is 9.29. The molecule has 1 aromatic carbocycles. The second kappa shape index (κ2) is 8.99. The molecule has 0 unspecified atom stereocenters. The Morgan fingerprint density at radius 3 is 2.03 bits per heavy atom. The van der Waals surface area contributed by atoms with Crippen LogP contribution in [0.2, 0.25) is 0 Å². The van der Waals surface area contributed by atoms with Crippen molar-refractivity contribution in [1.82, 2.24) is 9.97 Å². The minimum atomic E-state index is -5.18. The Bertz CT molecular complexity index is 1090. The number of alkyl halides is 4. The molecule has 0 fully saturated rings. The predicted molar refractivity (Wildman–Crippen MR) is 92.7 cm³/mol. The molecule has 0 bridgehead atoms. The molecule has 2 amide bonds. The van der Waals surface area contributed by atoms with Crippen LogP contribution in [0.5, 0.6) is 11.8 Å². The molecule has 168 valence electrons. The van der Waals surface area contributed by atoms with Gasteiger partial charge in [-0.25, -0.2) is 18.0 Å². The summed E-state index contributed by atoms with van der Waals surface area (Å²) in [5.74, 6) is -5.27. The third kappa shape index (κ3) is 5.27. The second-order valence-electron chi connectivity index (χ2n) is 5.47. The van der Waals surface area contributed by atoms with E-state index in [1.807, 2.05) is 0 Å². The molecule has 0 aliphatic carbocycles. The van der Waals surface area contributed by atoms with E-state index in [0.29, 0.717) is 6.07 Å². The van der Waals surface area contributed by atoms with Crippen molar-refractivity contribution < 1.29 is 50.1 Å². The van der Waals surface area contributed by atoms with Gasteiger partial charge >= 0.3 is 25.2 Å². The molecule has 0 aliphatic heterocycles. The van der Waals surface area contributed by atoms with Gasteiger partial charge in [0.2, 0.25) is 11.8 Å². The maximum absolute atomic E-state index is 13.1. The van der Waals surface area contributed by atoms with Crippen molar-refractivity contribution in [3.05, 3.63) is 35.4 Å². The summed E-state index contributed by atoms with van der Waals surface area (Å²) in [4.78, 5) is 29.0. The van der Waals surface area contributed by atoms with Crippen LogP contribution in [-0.2, 0) is 10.0 Å². The summed E-state index contributed by atoms with van der Waals surface area (Å²) in [5.41, 5.74) is 4.16. The van der Waals surface area contributed by atoms with Gasteiger partial charge in [0.15, 0.2) is 0 Å². The average Bonchev–Trinajstić information content (AvgIpc) is 2.59. The number of carbonyl (C=O) groups is 2. The van der Waals surface area contributed by atoms with Crippen molar-refractivity contribution in [3.8, 4) is 11.8 Å². The minimum Gasteiger partial charge on any atom is -0.478 e. The molecular formula is C15H12F4N4O7S. The van der Waals surface area contributed by atoms with Crippen LogP contribution < -0.4 is 19.5 Å². The van der Waals surface area contributed by atoms with E-state index in [1.54, 1.807) is 0 Å². The predicted octanol–water partition coefficient (Wildman–Crippen LogP) is 1.96. The largest absolute Gasteiger partial charge is 0.478 e. The normalized spacial score (nSPS) is 11.5. The lowest BCUT2D eigenvalue weighted by molar-refractivity contribution is -0.0579. The van der Waals surface area contributed by atoms with Crippen molar-refractivity contribution >= 4 is 28.0 Å². The average molecular weight is 468 g/mol. The standard InChI is InChI=1S/C15H12F4N4O7S/c1-6-3-2-4-7(11(24)25)10(6)31(27,28)23(14(20)26)15-21-8(29-12(16)17)5-9(22-15)30-13(18)19/h2-5,12-13H,1H3,(H2,20,26)(H,24,25). The highest BCUT2D eigenvalue weighted by Gasteiger charge is 2.37. The second-order valence-corrected chi connectivity index (χ2v) is 7.19. The Morgan fingerprint density at radius 2 is 1.61 bits per heavy atom. The molecule has 0 radical (unpaired) electrons. The maximum atomic E-state index is 13.1. The lowest BCUT2D eigenvalue weighted by Gasteiger charge is -2.21. The third-order valence-corrected chi connectivity index (χ3v) is 5.29. The Hall–Kier alpha value is -3.69. The van der Waals surface area contributed by atoms with E-state index in [1.165, 1.54) is 19.1 Å². The number of carboxylic acids is 1. The van der Waals surface area contributed by atoms with Crippen LogP contribution in [-0.4, -0.2) is 48.7 Å². The van der Waals surface area contributed by atoms with Crippen LogP contribution in [0.4, 0.5) is 28.3 Å². The van der Waals surface area contributed by atoms with Crippen LogP contribution in [0.3, 0.4) is 0 Å². The van der Waals surface area contributed by atoms with Crippen molar-refractivity contribution in [1.29, 1.82) is 0 Å². The molecular weight excluding hydrogens is 456 g/mol. The van der Waals surface area contributed by atoms with Crippen molar-refractivity contribution in [2.24, 2.45) is 5.73 Å². The highest BCUT2D eigenvalue weighted by molar-refractivity contribution is 7.93. The van der Waals surface area contributed by atoms with Crippen LogP contribution in [0, 0.1) is 6.92 Å². The first-order valence-electron chi connectivity index (χ1n) is 7.81. The third-order valence-electron chi connectivity index (χ3n) is 3.41. The van der Waals surface area contributed by atoms with Gasteiger partial charge in [-0.05, 0) is 18.6 Å². The number of sulfonamides is 1. The molecule has 3 N–H and O–H groups in total. The molecule has 16 heteroatoms. The van der Waals surface area contributed by atoms with E-state index in [2.05, 4.69) is 19.4 Å². The Morgan fingerprint density at radius 1 is 1.10 bits per heavy atom. The quantitative estimate of drug-likeness (QED) is 0.552. The molecule has 2 aromatic rings. The number of halogens is 4. The summed E-state index contributed by atoms with van der Waals surface area (Å²) in [6.07, 6.45) is 0. The zero-order chi connectivity index (χ0) is 23.5.